The molecule has 1 amide bonds. The molecule has 0 aromatic heterocycles. The second-order valence-electron chi connectivity index (χ2n) is 5.47. The molecule has 24 heavy (non-hydrogen) atoms. The molecule has 0 atom stereocenters. The summed E-state index contributed by atoms with van der Waals surface area (Å²) in [4.78, 5) is 15.6. The Hall–Kier alpha value is -2.60. The van der Waals surface area contributed by atoms with Gasteiger partial charge in [-0.3, -0.25) is 10.2 Å². The first kappa shape index (κ1) is 16.3. The van der Waals surface area contributed by atoms with Crippen LogP contribution < -0.4 is 10.7 Å². The predicted octanol–water partition coefficient (Wildman–Crippen LogP) is 3.68. The standard InChI is InChI=1S/C18H18N4OS/c1-12-3-7-16(8-4-12)20-18-22-21-17(11-24-18)14-5-9-15(10-6-14)19-13(2)23/h3-10H,11H2,1-2H3,(H,19,23)(H,20,22). The lowest BCUT2D eigenvalue weighted by Gasteiger charge is -2.15. The molecule has 2 N–H and O–H groups in total. The van der Waals surface area contributed by atoms with Crippen LogP contribution in [0.3, 0.4) is 0 Å². The number of carbonyl (C=O) groups excluding carboxylic acids is 1. The van der Waals surface area contributed by atoms with E-state index in [0.29, 0.717) is 0 Å². The highest BCUT2D eigenvalue weighted by Gasteiger charge is 2.13. The first-order chi connectivity index (χ1) is 11.6. The van der Waals surface area contributed by atoms with Crippen molar-refractivity contribution < 1.29 is 4.79 Å². The number of aliphatic imine (C=N–C) groups is 1. The van der Waals surface area contributed by atoms with Crippen molar-refractivity contribution in [1.82, 2.24) is 5.43 Å². The van der Waals surface area contributed by atoms with Gasteiger partial charge in [-0.15, -0.1) is 0 Å². The molecule has 0 radical (unpaired) electrons. The van der Waals surface area contributed by atoms with Crippen molar-refractivity contribution in [2.45, 2.75) is 13.8 Å². The number of benzene rings is 2. The minimum absolute atomic E-state index is 0.0769. The number of hydrazone groups is 1. The molecule has 6 heteroatoms. The van der Waals surface area contributed by atoms with Gasteiger partial charge in [-0.05, 0) is 36.8 Å². The summed E-state index contributed by atoms with van der Waals surface area (Å²) in [5.74, 6) is 0.670. The first-order valence-corrected chi connectivity index (χ1v) is 8.57. The molecule has 0 saturated carbocycles. The largest absolute Gasteiger partial charge is 0.326 e. The zero-order valence-corrected chi connectivity index (χ0v) is 14.4. The molecule has 2 aromatic rings. The average molecular weight is 338 g/mol. The molecule has 0 fully saturated rings. The normalized spacial score (nSPS) is 15.6. The number of carbonyl (C=O) groups is 1. The SMILES string of the molecule is CC(=O)Nc1ccc(C2=NNC(=Nc3ccc(C)cc3)SC2)cc1. The fourth-order valence-electron chi connectivity index (χ4n) is 2.21. The van der Waals surface area contributed by atoms with Crippen molar-refractivity contribution in [3.8, 4) is 0 Å². The molecule has 3 rings (SSSR count). The maximum Gasteiger partial charge on any atom is 0.221 e. The molecule has 5 nitrogen and oxygen atoms in total. The summed E-state index contributed by atoms with van der Waals surface area (Å²) < 4.78 is 0. The van der Waals surface area contributed by atoms with Crippen LogP contribution in [-0.2, 0) is 4.79 Å². The average Bonchev–Trinajstić information content (AvgIpc) is 2.58. The fourth-order valence-corrected chi connectivity index (χ4v) is 2.99. The van der Waals surface area contributed by atoms with E-state index in [1.165, 1.54) is 12.5 Å². The zero-order chi connectivity index (χ0) is 16.9. The summed E-state index contributed by atoms with van der Waals surface area (Å²) in [5, 5.41) is 7.96. The number of nitrogens with zero attached hydrogens (tertiary/aromatic N) is 2. The number of amidine groups is 1. The van der Waals surface area contributed by atoms with Gasteiger partial charge in [0, 0.05) is 18.4 Å². The van der Waals surface area contributed by atoms with Gasteiger partial charge in [0.05, 0.1) is 11.4 Å². The van der Waals surface area contributed by atoms with Crippen LogP contribution in [0.1, 0.15) is 18.1 Å². The Balaban J connectivity index is 1.68. The molecule has 0 saturated heterocycles. The number of anilines is 1. The minimum atomic E-state index is -0.0769. The molecule has 0 unspecified atom stereocenters. The molecule has 2 aromatic carbocycles. The van der Waals surface area contributed by atoms with Gasteiger partial charge in [0.1, 0.15) is 0 Å². The third kappa shape index (κ3) is 4.23. The van der Waals surface area contributed by atoms with Crippen LogP contribution in [0.5, 0.6) is 0 Å². The fraction of sp³-hybridized carbons (Fsp3) is 0.167. The first-order valence-electron chi connectivity index (χ1n) is 7.59. The number of amides is 1. The Bertz CT molecular complexity index is 795. The second-order valence-corrected chi connectivity index (χ2v) is 6.43. The maximum atomic E-state index is 11.0. The molecular formula is C18H18N4OS. The Labute approximate surface area is 145 Å². The van der Waals surface area contributed by atoms with Crippen LogP contribution in [0.25, 0.3) is 0 Å². The van der Waals surface area contributed by atoms with E-state index in [0.717, 1.165) is 33.6 Å². The van der Waals surface area contributed by atoms with E-state index >= 15 is 0 Å². The topological polar surface area (TPSA) is 65.8 Å². The number of aryl methyl sites for hydroxylation is 1. The highest BCUT2D eigenvalue weighted by atomic mass is 32.2. The van der Waals surface area contributed by atoms with Crippen LogP contribution in [0.4, 0.5) is 11.4 Å². The molecule has 1 heterocycles. The Morgan fingerprint density at radius 3 is 2.46 bits per heavy atom. The summed E-state index contributed by atoms with van der Waals surface area (Å²) in [6, 6.07) is 15.7. The number of hydrogen-bond acceptors (Lipinski definition) is 4. The third-order valence-corrected chi connectivity index (χ3v) is 4.31. The van der Waals surface area contributed by atoms with Gasteiger partial charge in [-0.2, -0.15) is 5.10 Å². The van der Waals surface area contributed by atoms with Gasteiger partial charge in [-0.25, -0.2) is 4.99 Å². The van der Waals surface area contributed by atoms with Crippen LogP contribution >= 0.6 is 11.8 Å². The van der Waals surface area contributed by atoms with Crippen molar-refractivity contribution in [3.05, 3.63) is 59.7 Å². The van der Waals surface area contributed by atoms with Crippen molar-refractivity contribution in [2.75, 3.05) is 11.1 Å². The van der Waals surface area contributed by atoms with Crippen molar-refractivity contribution >= 4 is 39.9 Å². The number of nitrogens with one attached hydrogen (secondary N) is 2. The van der Waals surface area contributed by atoms with Crippen molar-refractivity contribution in [2.24, 2.45) is 10.1 Å². The van der Waals surface area contributed by atoms with Crippen LogP contribution in [0, 0.1) is 6.92 Å². The summed E-state index contributed by atoms with van der Waals surface area (Å²) in [7, 11) is 0. The quantitative estimate of drug-likeness (QED) is 0.897. The van der Waals surface area contributed by atoms with Crippen LogP contribution in [0.2, 0.25) is 0 Å². The Morgan fingerprint density at radius 2 is 1.88 bits per heavy atom. The molecule has 1 aliphatic rings. The van der Waals surface area contributed by atoms with E-state index in [-0.39, 0.29) is 5.91 Å². The van der Waals surface area contributed by atoms with E-state index in [1.807, 2.05) is 48.5 Å². The van der Waals surface area contributed by atoms with Gasteiger partial charge in [-0.1, -0.05) is 41.6 Å². The molecule has 0 aliphatic carbocycles. The Morgan fingerprint density at radius 1 is 1.17 bits per heavy atom. The van der Waals surface area contributed by atoms with Crippen LogP contribution in [0.15, 0.2) is 58.6 Å². The number of thioether (sulfide) groups is 1. The van der Waals surface area contributed by atoms with E-state index in [4.69, 9.17) is 0 Å². The lowest BCUT2D eigenvalue weighted by Crippen LogP contribution is -2.25. The number of hydrogen-bond donors (Lipinski definition) is 2. The van der Waals surface area contributed by atoms with Crippen molar-refractivity contribution in [1.29, 1.82) is 0 Å². The van der Waals surface area contributed by atoms with Gasteiger partial charge < -0.3 is 5.32 Å². The highest BCUT2D eigenvalue weighted by Crippen LogP contribution is 2.19. The van der Waals surface area contributed by atoms with Crippen LogP contribution in [-0.4, -0.2) is 22.5 Å². The zero-order valence-electron chi connectivity index (χ0n) is 13.5. The third-order valence-electron chi connectivity index (χ3n) is 3.44. The molecule has 0 bridgehead atoms. The molecule has 0 spiro atoms. The minimum Gasteiger partial charge on any atom is -0.326 e. The summed E-state index contributed by atoms with van der Waals surface area (Å²) >= 11 is 1.62. The lowest BCUT2D eigenvalue weighted by molar-refractivity contribution is -0.114. The van der Waals surface area contributed by atoms with Gasteiger partial charge in [0.15, 0.2) is 5.17 Å². The monoisotopic (exact) mass is 338 g/mol. The molecular weight excluding hydrogens is 320 g/mol. The molecule has 1 aliphatic heterocycles. The van der Waals surface area contributed by atoms with E-state index in [9.17, 15) is 4.79 Å². The smallest absolute Gasteiger partial charge is 0.221 e. The van der Waals surface area contributed by atoms with E-state index in [1.54, 1.807) is 11.8 Å². The maximum absolute atomic E-state index is 11.0. The predicted molar refractivity (Wildman–Crippen MR) is 101 cm³/mol. The van der Waals surface area contributed by atoms with Gasteiger partial charge >= 0.3 is 0 Å². The van der Waals surface area contributed by atoms with Gasteiger partial charge in [0.2, 0.25) is 5.91 Å². The second kappa shape index (κ2) is 7.31. The highest BCUT2D eigenvalue weighted by molar-refractivity contribution is 8.14. The van der Waals surface area contributed by atoms with E-state index in [2.05, 4.69) is 27.8 Å². The lowest BCUT2D eigenvalue weighted by atomic mass is 10.1. The molecule has 122 valence electrons. The summed E-state index contributed by atoms with van der Waals surface area (Å²) in [5.41, 5.74) is 7.90. The summed E-state index contributed by atoms with van der Waals surface area (Å²) in [6.07, 6.45) is 0. The van der Waals surface area contributed by atoms with Gasteiger partial charge in [0.25, 0.3) is 0 Å². The van der Waals surface area contributed by atoms with Crippen molar-refractivity contribution in [3.63, 3.8) is 0 Å². The Kier molecular flexibility index (Phi) is 4.96. The summed E-state index contributed by atoms with van der Waals surface area (Å²) in [6.45, 7) is 3.55. The van der Waals surface area contributed by atoms with E-state index < -0.39 is 0 Å². The number of rotatable bonds is 3.